The van der Waals surface area contributed by atoms with Crippen LogP contribution in [0.5, 0.6) is 0 Å². The molecule has 0 saturated carbocycles. The molecule has 0 spiro atoms. The number of hydrogen-bond acceptors (Lipinski definition) is 2. The first-order chi connectivity index (χ1) is 7.85. The van der Waals surface area contributed by atoms with Gasteiger partial charge in [-0.3, -0.25) is 4.79 Å². The van der Waals surface area contributed by atoms with Crippen molar-refractivity contribution in [3.63, 3.8) is 0 Å². The monoisotopic (exact) mass is 302 g/mol. The first kappa shape index (κ1) is 14.3. The summed E-state index contributed by atoms with van der Waals surface area (Å²) in [5.74, 6) is -0.368. The average Bonchev–Trinajstić information content (AvgIpc) is 2.26. The van der Waals surface area contributed by atoms with Crippen molar-refractivity contribution in [2.24, 2.45) is 0 Å². The molecule has 4 heteroatoms. The van der Waals surface area contributed by atoms with Crippen molar-refractivity contribution in [2.75, 3.05) is 7.11 Å². The number of carbonyl (C=O) groups excluding carboxylic acids is 1. The van der Waals surface area contributed by atoms with Gasteiger partial charge in [0.05, 0.1) is 5.60 Å². The zero-order valence-electron chi connectivity index (χ0n) is 10.2. The summed E-state index contributed by atoms with van der Waals surface area (Å²) in [6.45, 7) is 3.86. The number of Topliss-reactive ketones (excluding diaryl/α,β-unsaturated/α-hetero) is 1. The Bertz CT molecular complexity index is 416. The molecule has 1 rings (SSSR count). The molecule has 1 aromatic rings. The van der Waals surface area contributed by atoms with E-state index in [2.05, 4.69) is 15.9 Å². The van der Waals surface area contributed by atoms with Crippen molar-refractivity contribution in [3.8, 4) is 0 Å². The lowest BCUT2D eigenvalue weighted by Gasteiger charge is -2.22. The summed E-state index contributed by atoms with van der Waals surface area (Å²) in [6.07, 6.45) is 1.01. The molecule has 0 saturated heterocycles. The van der Waals surface area contributed by atoms with Crippen LogP contribution in [0.2, 0.25) is 0 Å². The van der Waals surface area contributed by atoms with E-state index in [0.29, 0.717) is 22.9 Å². The second-order valence-electron chi connectivity index (χ2n) is 4.51. The van der Waals surface area contributed by atoms with E-state index in [1.165, 1.54) is 18.2 Å². The Balaban J connectivity index is 2.71. The van der Waals surface area contributed by atoms with E-state index in [1.807, 2.05) is 13.8 Å². The van der Waals surface area contributed by atoms with E-state index < -0.39 is 0 Å². The summed E-state index contributed by atoms with van der Waals surface area (Å²) < 4.78 is 18.6. The molecule has 0 unspecified atom stereocenters. The Morgan fingerprint density at radius 1 is 1.47 bits per heavy atom. The lowest BCUT2D eigenvalue weighted by molar-refractivity contribution is 0.0141. The number of halogens is 2. The summed E-state index contributed by atoms with van der Waals surface area (Å²) in [6, 6.07) is 4.09. The summed E-state index contributed by atoms with van der Waals surface area (Å²) in [5.41, 5.74) is 0.195. The van der Waals surface area contributed by atoms with Crippen LogP contribution in [0.3, 0.4) is 0 Å². The molecule has 94 valence electrons. The maximum atomic E-state index is 12.9. The van der Waals surface area contributed by atoms with Crippen LogP contribution in [0.25, 0.3) is 0 Å². The van der Waals surface area contributed by atoms with Gasteiger partial charge in [0.25, 0.3) is 0 Å². The molecular formula is C13H16BrFO2. The predicted molar refractivity (Wildman–Crippen MR) is 68.8 cm³/mol. The molecule has 17 heavy (non-hydrogen) atoms. The fourth-order valence-electron chi connectivity index (χ4n) is 1.37. The molecule has 0 N–H and O–H groups in total. The van der Waals surface area contributed by atoms with Crippen LogP contribution in [0.4, 0.5) is 4.39 Å². The van der Waals surface area contributed by atoms with Gasteiger partial charge in [-0.25, -0.2) is 4.39 Å². The van der Waals surface area contributed by atoms with Gasteiger partial charge in [0, 0.05) is 23.6 Å². The Hall–Kier alpha value is -0.740. The first-order valence-electron chi connectivity index (χ1n) is 5.39. The van der Waals surface area contributed by atoms with E-state index in [4.69, 9.17) is 4.74 Å². The van der Waals surface area contributed by atoms with Gasteiger partial charge >= 0.3 is 0 Å². The molecule has 0 amide bonds. The van der Waals surface area contributed by atoms with E-state index in [9.17, 15) is 9.18 Å². The van der Waals surface area contributed by atoms with Crippen molar-refractivity contribution in [1.82, 2.24) is 0 Å². The second-order valence-corrected chi connectivity index (χ2v) is 5.37. The Labute approximate surface area is 109 Å². The lowest BCUT2D eigenvalue weighted by atomic mass is 9.98. The van der Waals surface area contributed by atoms with Crippen LogP contribution in [0, 0.1) is 5.82 Å². The highest BCUT2D eigenvalue weighted by molar-refractivity contribution is 9.10. The molecule has 0 bridgehead atoms. The average molecular weight is 303 g/mol. The number of ketones is 1. The first-order valence-corrected chi connectivity index (χ1v) is 6.18. The highest BCUT2D eigenvalue weighted by Gasteiger charge is 2.19. The standard InChI is InChI=1S/C13H16BrFO2/c1-13(2,17-3)7-6-12(16)10-5-4-9(15)8-11(10)14/h4-5,8H,6-7H2,1-3H3. The van der Waals surface area contributed by atoms with Gasteiger partial charge in [0.1, 0.15) is 5.82 Å². The zero-order chi connectivity index (χ0) is 13.1. The van der Waals surface area contributed by atoms with Gasteiger partial charge in [-0.05, 0) is 54.4 Å². The third kappa shape index (κ3) is 4.21. The van der Waals surface area contributed by atoms with Crippen LogP contribution >= 0.6 is 15.9 Å². The Kier molecular flexibility index (Phi) is 4.83. The molecule has 0 heterocycles. The van der Waals surface area contributed by atoms with Crippen molar-refractivity contribution < 1.29 is 13.9 Å². The maximum absolute atomic E-state index is 12.9. The van der Waals surface area contributed by atoms with Crippen LogP contribution < -0.4 is 0 Å². The molecule has 0 fully saturated rings. The summed E-state index contributed by atoms with van der Waals surface area (Å²) in [7, 11) is 1.62. The molecule has 0 aliphatic heterocycles. The maximum Gasteiger partial charge on any atom is 0.164 e. The summed E-state index contributed by atoms with van der Waals surface area (Å²) in [4.78, 5) is 11.9. The second kappa shape index (κ2) is 5.74. The van der Waals surface area contributed by atoms with Crippen molar-refractivity contribution >= 4 is 21.7 Å². The van der Waals surface area contributed by atoms with Crippen molar-refractivity contribution in [1.29, 1.82) is 0 Å². The number of ether oxygens (including phenoxy) is 1. The molecule has 2 nitrogen and oxygen atoms in total. The van der Waals surface area contributed by atoms with Crippen molar-refractivity contribution in [2.45, 2.75) is 32.3 Å². The van der Waals surface area contributed by atoms with Gasteiger partial charge in [-0.15, -0.1) is 0 Å². The van der Waals surface area contributed by atoms with Gasteiger partial charge in [0.15, 0.2) is 5.78 Å². The highest BCUT2D eigenvalue weighted by Crippen LogP contribution is 2.22. The minimum absolute atomic E-state index is 0.0120. The minimum atomic E-state index is -0.356. The molecule has 0 atom stereocenters. The number of carbonyl (C=O) groups is 1. The fourth-order valence-corrected chi connectivity index (χ4v) is 1.94. The van der Waals surface area contributed by atoms with Crippen LogP contribution in [0.15, 0.2) is 22.7 Å². The SMILES string of the molecule is COC(C)(C)CCC(=O)c1ccc(F)cc1Br. The van der Waals surface area contributed by atoms with E-state index >= 15 is 0 Å². The third-order valence-corrected chi connectivity index (χ3v) is 3.39. The molecule has 1 aromatic carbocycles. The predicted octanol–water partition coefficient (Wildman–Crippen LogP) is 3.98. The van der Waals surface area contributed by atoms with E-state index in [1.54, 1.807) is 7.11 Å². The number of benzene rings is 1. The zero-order valence-corrected chi connectivity index (χ0v) is 11.8. The Morgan fingerprint density at radius 3 is 2.65 bits per heavy atom. The number of rotatable bonds is 5. The summed E-state index contributed by atoms with van der Waals surface area (Å²) >= 11 is 3.19. The van der Waals surface area contributed by atoms with Gasteiger partial charge in [-0.2, -0.15) is 0 Å². The Morgan fingerprint density at radius 2 is 2.12 bits per heavy atom. The van der Waals surface area contributed by atoms with E-state index in [0.717, 1.165) is 0 Å². The van der Waals surface area contributed by atoms with Crippen molar-refractivity contribution in [3.05, 3.63) is 34.1 Å². The van der Waals surface area contributed by atoms with Crippen LogP contribution in [-0.2, 0) is 4.74 Å². The highest BCUT2D eigenvalue weighted by atomic mass is 79.9. The normalized spacial score (nSPS) is 11.6. The van der Waals surface area contributed by atoms with Gasteiger partial charge in [-0.1, -0.05) is 0 Å². The number of methoxy groups -OCH3 is 1. The molecule has 0 aromatic heterocycles. The molecule has 0 aliphatic carbocycles. The fraction of sp³-hybridized carbons (Fsp3) is 0.462. The largest absolute Gasteiger partial charge is 0.379 e. The quantitative estimate of drug-likeness (QED) is 0.769. The van der Waals surface area contributed by atoms with Crippen LogP contribution in [-0.4, -0.2) is 18.5 Å². The minimum Gasteiger partial charge on any atom is -0.379 e. The molecule has 0 aliphatic rings. The molecular weight excluding hydrogens is 287 g/mol. The number of hydrogen-bond donors (Lipinski definition) is 0. The van der Waals surface area contributed by atoms with Gasteiger partial charge in [0.2, 0.25) is 0 Å². The van der Waals surface area contributed by atoms with Crippen LogP contribution in [0.1, 0.15) is 37.0 Å². The molecule has 0 radical (unpaired) electrons. The summed E-state index contributed by atoms with van der Waals surface area (Å²) in [5, 5.41) is 0. The third-order valence-electron chi connectivity index (χ3n) is 2.74. The topological polar surface area (TPSA) is 26.3 Å². The lowest BCUT2D eigenvalue weighted by Crippen LogP contribution is -2.23. The van der Waals surface area contributed by atoms with Gasteiger partial charge < -0.3 is 4.74 Å². The smallest absolute Gasteiger partial charge is 0.164 e. The van der Waals surface area contributed by atoms with E-state index in [-0.39, 0.29) is 17.2 Å².